The van der Waals surface area contributed by atoms with Crippen molar-refractivity contribution < 1.29 is 4.74 Å². The van der Waals surface area contributed by atoms with Crippen LogP contribution in [-0.2, 0) is 0 Å². The Morgan fingerprint density at radius 3 is 2.72 bits per heavy atom. The Labute approximate surface area is 120 Å². The largest absolute Gasteiger partial charge is 0.492 e. The fourth-order valence-corrected chi connectivity index (χ4v) is 1.93. The lowest BCUT2D eigenvalue weighted by molar-refractivity contribution is 0.305. The van der Waals surface area contributed by atoms with Gasteiger partial charge in [-0.25, -0.2) is 0 Å². The van der Waals surface area contributed by atoms with Crippen molar-refractivity contribution in [3.8, 4) is 5.75 Å². The number of nitrogens with one attached hydrogen (secondary N) is 1. The zero-order valence-corrected chi connectivity index (χ0v) is 12.4. The average Bonchev–Trinajstić information content (AvgIpc) is 2.36. The van der Waals surface area contributed by atoms with E-state index in [2.05, 4.69) is 12.2 Å². The number of unbranched alkanes of at least 4 members (excludes halogenated alkanes) is 2. The van der Waals surface area contributed by atoms with E-state index in [0.29, 0.717) is 22.4 Å². The summed E-state index contributed by atoms with van der Waals surface area (Å²) in [5, 5.41) is 4.65. The summed E-state index contributed by atoms with van der Waals surface area (Å²) in [7, 11) is 0. The highest BCUT2D eigenvalue weighted by Crippen LogP contribution is 2.27. The minimum atomic E-state index is 0.615. The number of hydrogen-bond donors (Lipinski definition) is 1. The van der Waals surface area contributed by atoms with E-state index in [0.717, 1.165) is 25.9 Å². The first kappa shape index (κ1) is 15.6. The van der Waals surface area contributed by atoms with Crippen molar-refractivity contribution >= 4 is 23.2 Å². The van der Waals surface area contributed by atoms with E-state index < -0.39 is 0 Å². The molecule has 0 aliphatic carbocycles. The maximum atomic E-state index is 6.00. The zero-order valence-electron chi connectivity index (χ0n) is 10.8. The molecule has 1 aromatic carbocycles. The monoisotopic (exact) mass is 289 g/mol. The molecule has 0 saturated heterocycles. The highest BCUT2D eigenvalue weighted by Gasteiger charge is 2.01. The van der Waals surface area contributed by atoms with Gasteiger partial charge in [-0.3, -0.25) is 0 Å². The quantitative estimate of drug-likeness (QED) is 0.674. The van der Waals surface area contributed by atoms with Crippen LogP contribution in [0.1, 0.15) is 32.6 Å². The maximum absolute atomic E-state index is 6.00. The average molecular weight is 290 g/mol. The molecule has 102 valence electrons. The highest BCUT2D eigenvalue weighted by molar-refractivity contribution is 6.34. The fraction of sp³-hybridized carbons (Fsp3) is 0.571. The number of benzene rings is 1. The van der Waals surface area contributed by atoms with Crippen molar-refractivity contribution in [1.29, 1.82) is 0 Å². The van der Waals surface area contributed by atoms with E-state index in [1.807, 2.05) is 0 Å². The van der Waals surface area contributed by atoms with Crippen molar-refractivity contribution in [2.24, 2.45) is 0 Å². The van der Waals surface area contributed by atoms with E-state index >= 15 is 0 Å². The molecule has 0 radical (unpaired) electrons. The molecule has 18 heavy (non-hydrogen) atoms. The van der Waals surface area contributed by atoms with E-state index in [4.69, 9.17) is 27.9 Å². The van der Waals surface area contributed by atoms with Gasteiger partial charge in [0.05, 0.1) is 11.6 Å². The van der Waals surface area contributed by atoms with Gasteiger partial charge in [0, 0.05) is 11.1 Å². The molecule has 0 aliphatic rings. The summed E-state index contributed by atoms with van der Waals surface area (Å²) in [6.07, 6.45) is 4.58. The lowest BCUT2D eigenvalue weighted by Crippen LogP contribution is -2.15. The molecule has 0 heterocycles. The Morgan fingerprint density at radius 1 is 1.11 bits per heavy atom. The van der Waals surface area contributed by atoms with Crippen LogP contribution >= 0.6 is 23.2 Å². The van der Waals surface area contributed by atoms with Crippen molar-refractivity contribution in [2.75, 3.05) is 19.7 Å². The summed E-state index contributed by atoms with van der Waals surface area (Å²) in [4.78, 5) is 0. The SMILES string of the molecule is CCCNCCCCCOc1cc(Cl)ccc1Cl. The van der Waals surface area contributed by atoms with Gasteiger partial charge < -0.3 is 10.1 Å². The van der Waals surface area contributed by atoms with Crippen molar-refractivity contribution in [1.82, 2.24) is 5.32 Å². The predicted molar refractivity (Wildman–Crippen MR) is 79.0 cm³/mol. The van der Waals surface area contributed by atoms with Crippen LogP contribution in [0.25, 0.3) is 0 Å². The third kappa shape index (κ3) is 6.48. The van der Waals surface area contributed by atoms with Gasteiger partial charge in [0.1, 0.15) is 5.75 Å². The van der Waals surface area contributed by atoms with Gasteiger partial charge in [0.25, 0.3) is 0 Å². The fourth-order valence-electron chi connectivity index (χ4n) is 1.60. The van der Waals surface area contributed by atoms with Crippen LogP contribution in [0.4, 0.5) is 0 Å². The molecule has 1 N–H and O–H groups in total. The summed E-state index contributed by atoms with van der Waals surface area (Å²) < 4.78 is 5.61. The molecule has 1 aromatic rings. The zero-order chi connectivity index (χ0) is 13.2. The molecular formula is C14H21Cl2NO. The molecule has 0 bridgehead atoms. The van der Waals surface area contributed by atoms with Crippen LogP contribution in [0.2, 0.25) is 10.0 Å². The minimum absolute atomic E-state index is 0.615. The number of hydrogen-bond acceptors (Lipinski definition) is 2. The predicted octanol–water partition coefficient (Wildman–Crippen LogP) is 4.54. The molecule has 0 fully saturated rings. The lowest BCUT2D eigenvalue weighted by atomic mass is 10.2. The second kappa shape index (κ2) is 9.48. The Balaban J connectivity index is 2.09. The van der Waals surface area contributed by atoms with Gasteiger partial charge in [-0.05, 0) is 50.9 Å². The third-order valence-electron chi connectivity index (χ3n) is 2.58. The molecule has 1 rings (SSSR count). The first-order valence-corrected chi connectivity index (χ1v) is 7.28. The van der Waals surface area contributed by atoms with Gasteiger partial charge >= 0.3 is 0 Å². The second-order valence-corrected chi connectivity index (χ2v) is 5.08. The molecule has 2 nitrogen and oxygen atoms in total. The standard InChI is InChI=1S/C14H21Cl2NO/c1-2-8-17-9-4-3-5-10-18-14-11-12(15)6-7-13(14)16/h6-7,11,17H,2-5,8-10H2,1H3. The number of rotatable bonds is 9. The van der Waals surface area contributed by atoms with Crippen LogP contribution in [0, 0.1) is 0 Å². The van der Waals surface area contributed by atoms with Crippen molar-refractivity contribution in [3.63, 3.8) is 0 Å². The molecule has 4 heteroatoms. The van der Waals surface area contributed by atoms with Crippen LogP contribution in [0.3, 0.4) is 0 Å². The molecule has 0 atom stereocenters. The van der Waals surface area contributed by atoms with E-state index in [-0.39, 0.29) is 0 Å². The Morgan fingerprint density at radius 2 is 1.94 bits per heavy atom. The highest BCUT2D eigenvalue weighted by atomic mass is 35.5. The molecule has 0 saturated carbocycles. The Bertz CT molecular complexity index is 345. The summed E-state index contributed by atoms with van der Waals surface area (Å²) >= 11 is 11.9. The Hall–Kier alpha value is -0.440. The van der Waals surface area contributed by atoms with Crippen molar-refractivity contribution in [2.45, 2.75) is 32.6 Å². The van der Waals surface area contributed by atoms with Crippen LogP contribution in [0.15, 0.2) is 18.2 Å². The molecule has 0 amide bonds. The van der Waals surface area contributed by atoms with Gasteiger partial charge in [0.15, 0.2) is 0 Å². The van der Waals surface area contributed by atoms with Crippen LogP contribution < -0.4 is 10.1 Å². The second-order valence-electron chi connectivity index (χ2n) is 4.23. The molecule has 0 unspecified atom stereocenters. The van der Waals surface area contributed by atoms with Gasteiger partial charge in [-0.2, -0.15) is 0 Å². The molecule has 0 spiro atoms. The topological polar surface area (TPSA) is 21.3 Å². The van der Waals surface area contributed by atoms with Crippen LogP contribution in [0.5, 0.6) is 5.75 Å². The van der Waals surface area contributed by atoms with Gasteiger partial charge in [-0.1, -0.05) is 30.1 Å². The maximum Gasteiger partial charge on any atom is 0.139 e. The first-order chi connectivity index (χ1) is 8.74. The molecule has 0 aromatic heterocycles. The third-order valence-corrected chi connectivity index (χ3v) is 3.12. The van der Waals surface area contributed by atoms with E-state index in [1.54, 1.807) is 18.2 Å². The number of halogens is 2. The van der Waals surface area contributed by atoms with E-state index in [9.17, 15) is 0 Å². The molecule has 0 aliphatic heterocycles. The summed E-state index contributed by atoms with van der Waals surface area (Å²) in [5.74, 6) is 0.674. The van der Waals surface area contributed by atoms with Crippen LogP contribution in [-0.4, -0.2) is 19.7 Å². The summed E-state index contributed by atoms with van der Waals surface area (Å²) in [6, 6.07) is 5.27. The smallest absolute Gasteiger partial charge is 0.139 e. The van der Waals surface area contributed by atoms with Gasteiger partial charge in [0.2, 0.25) is 0 Å². The normalized spacial score (nSPS) is 10.6. The molecular weight excluding hydrogens is 269 g/mol. The van der Waals surface area contributed by atoms with E-state index in [1.165, 1.54) is 12.8 Å². The lowest BCUT2D eigenvalue weighted by Gasteiger charge is -2.08. The summed E-state index contributed by atoms with van der Waals surface area (Å²) in [5.41, 5.74) is 0. The summed E-state index contributed by atoms with van der Waals surface area (Å²) in [6.45, 7) is 5.06. The minimum Gasteiger partial charge on any atom is -0.492 e. The first-order valence-electron chi connectivity index (χ1n) is 6.52. The van der Waals surface area contributed by atoms with Gasteiger partial charge in [-0.15, -0.1) is 0 Å². The number of ether oxygens (including phenoxy) is 1. The Kier molecular flexibility index (Phi) is 8.23. The van der Waals surface area contributed by atoms with Crippen molar-refractivity contribution in [3.05, 3.63) is 28.2 Å².